The topological polar surface area (TPSA) is 50.4 Å². The van der Waals surface area contributed by atoms with Gasteiger partial charge in [-0.25, -0.2) is 0 Å². The molecule has 0 saturated carbocycles. The van der Waals surface area contributed by atoms with Gasteiger partial charge in [-0.1, -0.05) is 6.07 Å². The molecule has 2 aromatic rings. The van der Waals surface area contributed by atoms with E-state index in [-0.39, 0.29) is 11.3 Å². The van der Waals surface area contributed by atoms with Crippen LogP contribution in [0.2, 0.25) is 0 Å². The predicted octanol–water partition coefficient (Wildman–Crippen LogP) is 1.55. The number of alkyl halides is 3. The highest BCUT2D eigenvalue weighted by atomic mass is 19.4. The van der Waals surface area contributed by atoms with Crippen LogP contribution in [0.1, 0.15) is 17.1 Å². The molecule has 0 fully saturated rings. The average molecular weight is 231 g/mol. The standard InChI is InChI=1S/C9H8F3N3O/c1-5-2-3-7-13-14-8(9(10,11)12)15(7)6(5)4-16/h2-3,16H,4H2,1H3. The lowest BCUT2D eigenvalue weighted by atomic mass is 10.2. The second-order valence-electron chi connectivity index (χ2n) is 3.34. The number of fused-ring (bicyclic) bond motifs is 1. The number of hydrogen-bond donors (Lipinski definition) is 1. The zero-order valence-corrected chi connectivity index (χ0v) is 8.28. The summed E-state index contributed by atoms with van der Waals surface area (Å²) in [7, 11) is 0. The van der Waals surface area contributed by atoms with E-state index in [4.69, 9.17) is 5.11 Å². The molecule has 2 heterocycles. The molecule has 0 unspecified atom stereocenters. The van der Waals surface area contributed by atoms with E-state index in [9.17, 15) is 13.2 Å². The fraction of sp³-hybridized carbons (Fsp3) is 0.333. The first kappa shape index (κ1) is 10.9. The van der Waals surface area contributed by atoms with Gasteiger partial charge in [-0.15, -0.1) is 10.2 Å². The maximum atomic E-state index is 12.6. The van der Waals surface area contributed by atoms with E-state index in [1.807, 2.05) is 0 Å². The van der Waals surface area contributed by atoms with Crippen LogP contribution in [0.4, 0.5) is 13.2 Å². The van der Waals surface area contributed by atoms with Crippen molar-refractivity contribution in [2.24, 2.45) is 0 Å². The van der Waals surface area contributed by atoms with Crippen molar-refractivity contribution in [3.8, 4) is 0 Å². The summed E-state index contributed by atoms with van der Waals surface area (Å²) in [6, 6.07) is 3.02. The van der Waals surface area contributed by atoms with Gasteiger partial charge in [0.25, 0.3) is 0 Å². The van der Waals surface area contributed by atoms with Crippen molar-refractivity contribution in [1.82, 2.24) is 14.6 Å². The van der Waals surface area contributed by atoms with Crippen molar-refractivity contribution in [2.45, 2.75) is 19.7 Å². The van der Waals surface area contributed by atoms with Gasteiger partial charge in [-0.2, -0.15) is 13.2 Å². The first-order chi connectivity index (χ1) is 7.45. The number of aliphatic hydroxyl groups excluding tert-OH is 1. The van der Waals surface area contributed by atoms with E-state index >= 15 is 0 Å². The van der Waals surface area contributed by atoms with Crippen molar-refractivity contribution in [3.05, 3.63) is 29.2 Å². The number of aryl methyl sites for hydroxylation is 1. The number of aromatic nitrogens is 3. The zero-order valence-electron chi connectivity index (χ0n) is 8.28. The molecule has 2 rings (SSSR count). The Morgan fingerprint density at radius 1 is 1.31 bits per heavy atom. The number of halogens is 3. The van der Waals surface area contributed by atoms with Crippen molar-refractivity contribution in [1.29, 1.82) is 0 Å². The van der Waals surface area contributed by atoms with Crippen LogP contribution in [0, 0.1) is 6.92 Å². The quantitative estimate of drug-likeness (QED) is 0.810. The molecule has 7 heteroatoms. The van der Waals surface area contributed by atoms with Crippen LogP contribution >= 0.6 is 0 Å². The summed E-state index contributed by atoms with van der Waals surface area (Å²) in [6.07, 6.45) is -4.59. The maximum Gasteiger partial charge on any atom is 0.452 e. The summed E-state index contributed by atoms with van der Waals surface area (Å²) in [5.74, 6) is -1.12. The van der Waals surface area contributed by atoms with Crippen LogP contribution in [0.15, 0.2) is 12.1 Å². The van der Waals surface area contributed by atoms with Gasteiger partial charge in [0, 0.05) is 0 Å². The summed E-state index contributed by atoms with van der Waals surface area (Å²) in [5.41, 5.74) is 0.775. The highest BCUT2D eigenvalue weighted by Crippen LogP contribution is 2.29. The highest BCUT2D eigenvalue weighted by Gasteiger charge is 2.37. The summed E-state index contributed by atoms with van der Waals surface area (Å²) in [4.78, 5) is 0. The van der Waals surface area contributed by atoms with E-state index in [0.717, 1.165) is 4.40 Å². The Morgan fingerprint density at radius 3 is 2.56 bits per heavy atom. The van der Waals surface area contributed by atoms with Crippen LogP contribution in [0.25, 0.3) is 5.65 Å². The molecule has 0 spiro atoms. The molecule has 0 radical (unpaired) electrons. The summed E-state index contributed by atoms with van der Waals surface area (Å²) < 4.78 is 38.6. The van der Waals surface area contributed by atoms with Crippen LogP contribution < -0.4 is 0 Å². The van der Waals surface area contributed by atoms with E-state index in [1.54, 1.807) is 13.0 Å². The Hall–Kier alpha value is -1.63. The number of pyridine rings is 1. The number of nitrogens with zero attached hydrogens (tertiary/aromatic N) is 3. The normalized spacial score (nSPS) is 12.3. The Morgan fingerprint density at radius 2 is 2.00 bits per heavy atom. The summed E-state index contributed by atoms with van der Waals surface area (Å²) in [6.45, 7) is 1.12. The van der Waals surface area contributed by atoms with Gasteiger partial charge < -0.3 is 5.11 Å². The van der Waals surface area contributed by atoms with Crippen molar-refractivity contribution in [3.63, 3.8) is 0 Å². The van der Waals surface area contributed by atoms with Crippen molar-refractivity contribution < 1.29 is 18.3 Å². The molecule has 86 valence electrons. The van der Waals surface area contributed by atoms with Crippen LogP contribution in [0.5, 0.6) is 0 Å². The van der Waals surface area contributed by atoms with Gasteiger partial charge in [-0.3, -0.25) is 4.40 Å². The van der Waals surface area contributed by atoms with Crippen LogP contribution in [-0.4, -0.2) is 19.7 Å². The SMILES string of the molecule is Cc1ccc2nnc(C(F)(F)F)n2c1CO. The third-order valence-electron chi connectivity index (χ3n) is 2.30. The van der Waals surface area contributed by atoms with Gasteiger partial charge in [0.15, 0.2) is 5.65 Å². The molecule has 4 nitrogen and oxygen atoms in total. The summed E-state index contributed by atoms with van der Waals surface area (Å²) in [5, 5.41) is 15.6. The molecule has 16 heavy (non-hydrogen) atoms. The van der Waals surface area contributed by atoms with Crippen LogP contribution in [-0.2, 0) is 12.8 Å². The molecule has 0 aliphatic carbocycles. The van der Waals surface area contributed by atoms with Gasteiger partial charge in [0.1, 0.15) is 0 Å². The molecule has 0 amide bonds. The average Bonchev–Trinajstić information content (AvgIpc) is 2.60. The zero-order chi connectivity index (χ0) is 11.9. The lowest BCUT2D eigenvalue weighted by Gasteiger charge is -2.09. The minimum atomic E-state index is -4.59. The predicted molar refractivity (Wildman–Crippen MR) is 48.6 cm³/mol. The maximum absolute atomic E-state index is 12.6. The molecule has 0 saturated heterocycles. The third kappa shape index (κ3) is 1.53. The Kier molecular flexibility index (Phi) is 2.34. The Labute approximate surface area is 88.3 Å². The molecule has 2 aromatic heterocycles. The van der Waals surface area contributed by atoms with Crippen molar-refractivity contribution >= 4 is 5.65 Å². The molecule has 1 N–H and O–H groups in total. The van der Waals surface area contributed by atoms with Gasteiger partial charge in [0.05, 0.1) is 12.3 Å². The van der Waals surface area contributed by atoms with Crippen molar-refractivity contribution in [2.75, 3.05) is 0 Å². The Bertz CT molecular complexity index is 533. The fourth-order valence-electron chi connectivity index (χ4n) is 1.52. The fourth-order valence-corrected chi connectivity index (χ4v) is 1.52. The number of hydrogen-bond acceptors (Lipinski definition) is 3. The molecule has 0 aliphatic rings. The lowest BCUT2D eigenvalue weighted by molar-refractivity contribution is -0.145. The van der Waals surface area contributed by atoms with Gasteiger partial charge >= 0.3 is 6.18 Å². The lowest BCUT2D eigenvalue weighted by Crippen LogP contribution is -2.14. The summed E-state index contributed by atoms with van der Waals surface area (Å²) >= 11 is 0. The Balaban J connectivity index is 2.83. The smallest absolute Gasteiger partial charge is 0.390 e. The van der Waals surface area contributed by atoms with Gasteiger partial charge in [0.2, 0.25) is 5.82 Å². The number of aliphatic hydroxyl groups is 1. The number of rotatable bonds is 1. The highest BCUT2D eigenvalue weighted by molar-refractivity contribution is 5.43. The minimum Gasteiger partial charge on any atom is -0.390 e. The van der Waals surface area contributed by atoms with E-state index in [1.165, 1.54) is 6.07 Å². The molecular weight excluding hydrogens is 223 g/mol. The monoisotopic (exact) mass is 231 g/mol. The molecule has 0 aromatic carbocycles. The first-order valence-corrected chi connectivity index (χ1v) is 4.47. The van der Waals surface area contributed by atoms with Crippen LogP contribution in [0.3, 0.4) is 0 Å². The van der Waals surface area contributed by atoms with E-state index in [0.29, 0.717) is 5.56 Å². The first-order valence-electron chi connectivity index (χ1n) is 4.47. The van der Waals surface area contributed by atoms with E-state index < -0.39 is 18.6 Å². The van der Waals surface area contributed by atoms with E-state index in [2.05, 4.69) is 10.2 Å². The molecule has 0 atom stereocenters. The molecule has 0 bridgehead atoms. The second kappa shape index (κ2) is 3.44. The molecule has 0 aliphatic heterocycles. The van der Waals surface area contributed by atoms with Gasteiger partial charge in [-0.05, 0) is 18.6 Å². The second-order valence-corrected chi connectivity index (χ2v) is 3.34. The largest absolute Gasteiger partial charge is 0.452 e. The minimum absolute atomic E-state index is 0.0713. The molecular formula is C9H8F3N3O. The third-order valence-corrected chi connectivity index (χ3v) is 2.30.